The minimum Gasteiger partial charge on any atom is -0.394 e. The summed E-state index contributed by atoms with van der Waals surface area (Å²) in [5.74, 6) is 9.58. The molecule has 0 radical (unpaired) electrons. The first kappa shape index (κ1) is 21.9. The van der Waals surface area contributed by atoms with Gasteiger partial charge in [0.2, 0.25) is 0 Å². The van der Waals surface area contributed by atoms with Crippen LogP contribution in [-0.2, 0) is 6.54 Å². The molecule has 1 aliphatic carbocycles. The number of likely N-dealkylation sites (tertiary alicyclic amines) is 1. The van der Waals surface area contributed by atoms with Crippen molar-refractivity contribution in [2.24, 2.45) is 17.8 Å². The molecule has 2 aliphatic rings. The van der Waals surface area contributed by atoms with E-state index >= 15 is 0 Å². The second kappa shape index (κ2) is 9.12. The van der Waals surface area contributed by atoms with E-state index < -0.39 is 12.2 Å². The molecule has 3 N–H and O–H groups in total. The van der Waals surface area contributed by atoms with Crippen molar-refractivity contribution in [3.63, 3.8) is 0 Å². The summed E-state index contributed by atoms with van der Waals surface area (Å²) in [6.07, 6.45) is 2.18. The van der Waals surface area contributed by atoms with E-state index in [2.05, 4.69) is 26.9 Å². The highest BCUT2D eigenvalue weighted by Crippen LogP contribution is 2.51. The molecule has 1 saturated carbocycles. The number of aliphatic hydroxyl groups is 3. The van der Waals surface area contributed by atoms with Crippen LogP contribution in [0, 0.1) is 29.6 Å². The van der Waals surface area contributed by atoms with Crippen LogP contribution in [0.1, 0.15) is 30.1 Å². The van der Waals surface area contributed by atoms with Crippen LogP contribution in [-0.4, -0.2) is 67.3 Å². The van der Waals surface area contributed by atoms with Crippen molar-refractivity contribution in [3.05, 3.63) is 59.8 Å². The van der Waals surface area contributed by atoms with Crippen molar-refractivity contribution in [1.29, 1.82) is 0 Å². The number of hydrogen-bond donors (Lipinski definition) is 3. The fraction of sp³-hybridized carbons (Fsp3) is 0.440. The molecule has 0 spiro atoms. The molecule has 5 atom stereocenters. The van der Waals surface area contributed by atoms with Gasteiger partial charge in [0, 0.05) is 55.1 Å². The first-order valence-corrected chi connectivity index (χ1v) is 11.3. The van der Waals surface area contributed by atoms with Crippen molar-refractivity contribution in [2.75, 3.05) is 26.2 Å². The lowest BCUT2D eigenvalue weighted by Crippen LogP contribution is -2.34. The highest BCUT2D eigenvalue weighted by molar-refractivity contribution is 5.59. The number of fused-ring (bicyclic) bond motifs is 1. The van der Waals surface area contributed by atoms with Gasteiger partial charge in [-0.3, -0.25) is 0 Å². The largest absolute Gasteiger partial charge is 0.394 e. The Hall–Kier alpha value is -2.96. The van der Waals surface area contributed by atoms with Crippen LogP contribution in [0.3, 0.4) is 0 Å². The predicted molar refractivity (Wildman–Crippen MR) is 121 cm³/mol. The van der Waals surface area contributed by atoms with Gasteiger partial charge >= 0.3 is 0 Å². The van der Waals surface area contributed by atoms with Crippen molar-refractivity contribution < 1.29 is 19.8 Å². The van der Waals surface area contributed by atoms with Gasteiger partial charge in [-0.15, -0.1) is 0 Å². The quantitative estimate of drug-likeness (QED) is 0.471. The summed E-state index contributed by atoms with van der Waals surface area (Å²) in [5, 5.41) is 32.5. The SMILES string of the molecule is C[C@H](O)c1nccn1Cc1cc(-c2ccc(C#CC3[C@H]4CN(C[C@H](O)CO)C[C@@H]34)cc2)on1. The summed E-state index contributed by atoms with van der Waals surface area (Å²) in [5.41, 5.74) is 2.66. The molecule has 3 heterocycles. The topological polar surface area (TPSA) is 108 Å². The zero-order valence-corrected chi connectivity index (χ0v) is 18.5. The number of nitrogens with zero attached hydrogens (tertiary/aromatic N) is 4. The molecule has 1 aromatic carbocycles. The number of rotatable bonds is 7. The van der Waals surface area contributed by atoms with Gasteiger partial charge in [-0.1, -0.05) is 17.0 Å². The van der Waals surface area contributed by atoms with E-state index in [0.717, 1.165) is 29.9 Å². The Balaban J connectivity index is 1.17. The van der Waals surface area contributed by atoms with E-state index in [1.54, 1.807) is 13.1 Å². The smallest absolute Gasteiger partial charge is 0.167 e. The van der Waals surface area contributed by atoms with Gasteiger partial charge in [0.1, 0.15) is 17.6 Å². The van der Waals surface area contributed by atoms with Gasteiger partial charge in [0.05, 0.1) is 19.3 Å². The Morgan fingerprint density at radius 1 is 1.18 bits per heavy atom. The van der Waals surface area contributed by atoms with E-state index in [1.807, 2.05) is 41.1 Å². The minimum atomic E-state index is -0.654. The molecule has 5 rings (SSSR count). The molecule has 2 aromatic heterocycles. The highest BCUT2D eigenvalue weighted by Gasteiger charge is 2.54. The number of benzene rings is 1. The van der Waals surface area contributed by atoms with Gasteiger partial charge < -0.3 is 29.3 Å². The monoisotopic (exact) mass is 448 g/mol. The standard InChI is InChI=1S/C25H28N4O4/c1-16(31)25-26-8-9-29(25)11-19-10-24(33-27-19)18-5-2-17(3-6-18)4-7-21-22-13-28(14-23(21)22)12-20(32)15-30/h2-3,5-6,8-10,16,20-23,30-32H,11-15H2,1H3/t16-,20-,21?,22-,23+/m0/s1. The van der Waals surface area contributed by atoms with E-state index in [0.29, 0.717) is 42.4 Å². The van der Waals surface area contributed by atoms with Crippen molar-refractivity contribution in [1.82, 2.24) is 19.6 Å². The third kappa shape index (κ3) is 4.72. The maximum absolute atomic E-state index is 9.80. The number of piperidine rings is 1. The number of aromatic nitrogens is 3. The van der Waals surface area contributed by atoms with Crippen LogP contribution in [0.15, 0.2) is 47.2 Å². The molecule has 172 valence electrons. The second-order valence-electron chi connectivity index (χ2n) is 9.03. The number of β-amino-alcohol motifs (C(OH)–C–C–N with tert-alkyl or cyclic N) is 1. The average molecular weight is 449 g/mol. The number of hydrogen-bond acceptors (Lipinski definition) is 7. The molecule has 1 unspecified atom stereocenters. The third-order valence-corrected chi connectivity index (χ3v) is 6.51. The summed E-state index contributed by atoms with van der Waals surface area (Å²) < 4.78 is 7.38. The van der Waals surface area contributed by atoms with Crippen LogP contribution < -0.4 is 0 Å². The van der Waals surface area contributed by atoms with Gasteiger partial charge in [-0.25, -0.2) is 4.98 Å². The van der Waals surface area contributed by atoms with Crippen LogP contribution >= 0.6 is 0 Å². The molecular formula is C25H28N4O4. The molecule has 0 bridgehead atoms. The Labute approximate surface area is 192 Å². The Morgan fingerprint density at radius 2 is 1.94 bits per heavy atom. The lowest BCUT2D eigenvalue weighted by molar-refractivity contribution is 0.0622. The molecule has 1 saturated heterocycles. The van der Waals surface area contributed by atoms with Crippen LogP contribution in [0.25, 0.3) is 11.3 Å². The van der Waals surface area contributed by atoms with E-state index in [4.69, 9.17) is 9.63 Å². The maximum Gasteiger partial charge on any atom is 0.167 e. The predicted octanol–water partition coefficient (Wildman–Crippen LogP) is 1.52. The van der Waals surface area contributed by atoms with Crippen molar-refractivity contribution >= 4 is 0 Å². The van der Waals surface area contributed by atoms with E-state index in [9.17, 15) is 10.2 Å². The lowest BCUT2D eigenvalue weighted by Gasteiger charge is -2.20. The average Bonchev–Trinajstić information content (AvgIpc) is 3.30. The molecule has 3 aromatic rings. The molecule has 0 amide bonds. The third-order valence-electron chi connectivity index (χ3n) is 6.51. The van der Waals surface area contributed by atoms with Crippen molar-refractivity contribution in [2.45, 2.75) is 25.7 Å². The Bertz CT molecular complexity index is 1150. The highest BCUT2D eigenvalue weighted by atomic mass is 16.5. The summed E-state index contributed by atoms with van der Waals surface area (Å²) in [7, 11) is 0. The van der Waals surface area contributed by atoms with Crippen molar-refractivity contribution in [3.8, 4) is 23.2 Å². The summed E-state index contributed by atoms with van der Waals surface area (Å²) >= 11 is 0. The van der Waals surface area contributed by atoms with Gasteiger partial charge in [0.25, 0.3) is 0 Å². The van der Waals surface area contributed by atoms with Crippen LogP contribution in [0.2, 0.25) is 0 Å². The molecule has 1 aliphatic heterocycles. The first-order chi connectivity index (χ1) is 16.0. The zero-order chi connectivity index (χ0) is 22.9. The van der Waals surface area contributed by atoms with E-state index in [-0.39, 0.29) is 6.61 Å². The fourth-order valence-electron chi connectivity index (χ4n) is 4.74. The fourth-order valence-corrected chi connectivity index (χ4v) is 4.74. The lowest BCUT2D eigenvalue weighted by atomic mass is 10.1. The molecule has 8 heteroatoms. The normalized spacial score (nSPS) is 23.6. The summed E-state index contributed by atoms with van der Waals surface area (Å²) in [6.45, 7) is 4.42. The van der Waals surface area contributed by atoms with Crippen LogP contribution in [0.5, 0.6) is 0 Å². The molecule has 8 nitrogen and oxygen atoms in total. The summed E-state index contributed by atoms with van der Waals surface area (Å²) in [6, 6.07) is 9.86. The molecular weight excluding hydrogens is 420 g/mol. The van der Waals surface area contributed by atoms with Crippen LogP contribution in [0.4, 0.5) is 0 Å². The first-order valence-electron chi connectivity index (χ1n) is 11.3. The summed E-state index contributed by atoms with van der Waals surface area (Å²) in [4.78, 5) is 6.39. The number of imidazole rings is 1. The van der Waals surface area contributed by atoms with E-state index in [1.165, 1.54) is 0 Å². The second-order valence-corrected chi connectivity index (χ2v) is 9.03. The Kier molecular flexibility index (Phi) is 6.04. The Morgan fingerprint density at radius 3 is 2.64 bits per heavy atom. The minimum absolute atomic E-state index is 0.186. The molecule has 2 fully saturated rings. The molecule has 33 heavy (non-hydrogen) atoms. The number of aliphatic hydroxyl groups excluding tert-OH is 3. The van der Waals surface area contributed by atoms with Gasteiger partial charge in [-0.2, -0.15) is 0 Å². The maximum atomic E-state index is 9.80. The zero-order valence-electron chi connectivity index (χ0n) is 18.5. The van der Waals surface area contributed by atoms with Gasteiger partial charge in [0.15, 0.2) is 5.76 Å². The van der Waals surface area contributed by atoms with Gasteiger partial charge in [-0.05, 0) is 43.0 Å².